The van der Waals surface area contributed by atoms with Gasteiger partial charge in [0.25, 0.3) is 5.91 Å². The third-order valence-electron chi connectivity index (χ3n) is 3.79. The molecule has 3 aromatic rings. The number of hydrogen-bond donors (Lipinski definition) is 4. The number of anilines is 3. The van der Waals surface area contributed by atoms with Crippen LogP contribution in [0.25, 0.3) is 0 Å². The molecule has 7 nitrogen and oxygen atoms in total. The topological polar surface area (TPSA) is 105 Å². The molecular formula is C19H20N6O. The Balaban J connectivity index is 1.63. The molecule has 0 fully saturated rings. The number of aryl methyl sites for hydroxylation is 1. The van der Waals surface area contributed by atoms with Gasteiger partial charge in [-0.25, -0.2) is 9.97 Å². The summed E-state index contributed by atoms with van der Waals surface area (Å²) in [7, 11) is 0. The smallest absolute Gasteiger partial charge is 0.269 e. The van der Waals surface area contributed by atoms with Crippen molar-refractivity contribution in [3.05, 3.63) is 77.6 Å². The van der Waals surface area contributed by atoms with Crippen molar-refractivity contribution < 1.29 is 4.79 Å². The van der Waals surface area contributed by atoms with E-state index >= 15 is 0 Å². The standard InChI is InChI=1S/C19H20N6O/c1-13-7-9-15(10-8-13)19(26)25-24-18-16(20)17(22-12-23-18)21-11-14-5-3-2-4-6-14/h2-10,12H,11,20H2,1H3,(H,25,26)(H2,21,22,23,24). The molecule has 1 aromatic heterocycles. The number of nitrogen functional groups attached to an aromatic ring is 1. The highest BCUT2D eigenvalue weighted by atomic mass is 16.2. The highest BCUT2D eigenvalue weighted by molar-refractivity contribution is 5.95. The van der Waals surface area contributed by atoms with Crippen molar-refractivity contribution in [1.29, 1.82) is 0 Å². The van der Waals surface area contributed by atoms with E-state index in [2.05, 4.69) is 26.1 Å². The summed E-state index contributed by atoms with van der Waals surface area (Å²) >= 11 is 0. The first-order chi connectivity index (χ1) is 12.6. The fraction of sp³-hybridized carbons (Fsp3) is 0.105. The number of hydrazine groups is 1. The predicted molar refractivity (Wildman–Crippen MR) is 102 cm³/mol. The van der Waals surface area contributed by atoms with Gasteiger partial charge in [-0.15, -0.1) is 0 Å². The Kier molecular flexibility index (Phi) is 5.28. The molecule has 1 amide bonds. The van der Waals surface area contributed by atoms with Gasteiger partial charge in [-0.05, 0) is 24.6 Å². The molecule has 0 saturated heterocycles. The maximum absolute atomic E-state index is 12.2. The van der Waals surface area contributed by atoms with Crippen molar-refractivity contribution in [2.75, 3.05) is 16.5 Å². The summed E-state index contributed by atoms with van der Waals surface area (Å²) in [6.45, 7) is 2.54. The van der Waals surface area contributed by atoms with Gasteiger partial charge in [0.2, 0.25) is 0 Å². The lowest BCUT2D eigenvalue weighted by atomic mass is 10.1. The van der Waals surface area contributed by atoms with Gasteiger partial charge in [0.1, 0.15) is 12.0 Å². The van der Waals surface area contributed by atoms with Crippen molar-refractivity contribution in [3.63, 3.8) is 0 Å². The Morgan fingerprint density at radius 2 is 1.69 bits per heavy atom. The fourth-order valence-electron chi connectivity index (χ4n) is 2.31. The number of nitrogens with zero attached hydrogens (tertiary/aromatic N) is 2. The Labute approximate surface area is 151 Å². The van der Waals surface area contributed by atoms with Crippen LogP contribution in [0.1, 0.15) is 21.5 Å². The van der Waals surface area contributed by atoms with Gasteiger partial charge >= 0.3 is 0 Å². The molecule has 1 heterocycles. The number of benzene rings is 2. The second-order valence-corrected chi connectivity index (χ2v) is 5.77. The molecular weight excluding hydrogens is 328 g/mol. The molecule has 5 N–H and O–H groups in total. The average molecular weight is 348 g/mol. The first kappa shape index (κ1) is 17.2. The van der Waals surface area contributed by atoms with Gasteiger partial charge in [-0.1, -0.05) is 48.0 Å². The second-order valence-electron chi connectivity index (χ2n) is 5.77. The molecule has 0 aliphatic carbocycles. The van der Waals surface area contributed by atoms with Crippen molar-refractivity contribution in [3.8, 4) is 0 Å². The highest BCUT2D eigenvalue weighted by Crippen LogP contribution is 2.22. The van der Waals surface area contributed by atoms with E-state index in [1.807, 2.05) is 49.4 Å². The minimum Gasteiger partial charge on any atom is -0.393 e. The van der Waals surface area contributed by atoms with Crippen LogP contribution in [0, 0.1) is 6.92 Å². The Bertz CT molecular complexity index is 880. The van der Waals surface area contributed by atoms with Crippen molar-refractivity contribution in [1.82, 2.24) is 15.4 Å². The monoisotopic (exact) mass is 348 g/mol. The SMILES string of the molecule is Cc1ccc(C(=O)NNc2ncnc(NCc3ccccc3)c2N)cc1. The fourth-order valence-corrected chi connectivity index (χ4v) is 2.31. The van der Waals surface area contributed by atoms with Crippen LogP contribution in [-0.2, 0) is 6.54 Å². The van der Waals surface area contributed by atoms with Crippen LogP contribution in [0.2, 0.25) is 0 Å². The van der Waals surface area contributed by atoms with E-state index in [4.69, 9.17) is 5.73 Å². The maximum atomic E-state index is 12.2. The lowest BCUT2D eigenvalue weighted by Gasteiger charge is -2.13. The molecule has 0 bridgehead atoms. The number of carbonyl (C=O) groups excluding carboxylic acids is 1. The molecule has 0 saturated carbocycles. The summed E-state index contributed by atoms with van der Waals surface area (Å²) in [4.78, 5) is 20.4. The Morgan fingerprint density at radius 1 is 1.00 bits per heavy atom. The summed E-state index contributed by atoms with van der Waals surface area (Å²) in [5.41, 5.74) is 14.5. The van der Waals surface area contributed by atoms with E-state index in [1.54, 1.807) is 12.1 Å². The number of hydrogen-bond acceptors (Lipinski definition) is 6. The van der Waals surface area contributed by atoms with E-state index in [0.29, 0.717) is 29.4 Å². The summed E-state index contributed by atoms with van der Waals surface area (Å²) in [5.74, 6) is 0.550. The average Bonchev–Trinajstić information content (AvgIpc) is 2.67. The molecule has 0 radical (unpaired) electrons. The zero-order valence-electron chi connectivity index (χ0n) is 14.4. The third-order valence-corrected chi connectivity index (χ3v) is 3.79. The molecule has 132 valence electrons. The van der Waals surface area contributed by atoms with E-state index < -0.39 is 0 Å². The Morgan fingerprint density at radius 3 is 2.42 bits per heavy atom. The van der Waals surface area contributed by atoms with Gasteiger partial charge in [0, 0.05) is 12.1 Å². The molecule has 3 rings (SSSR count). The van der Waals surface area contributed by atoms with Crippen LogP contribution in [0.5, 0.6) is 0 Å². The van der Waals surface area contributed by atoms with Gasteiger partial charge in [-0.2, -0.15) is 0 Å². The predicted octanol–water partition coefficient (Wildman–Crippen LogP) is 2.74. The maximum Gasteiger partial charge on any atom is 0.269 e. The minimum absolute atomic E-state index is 0.276. The zero-order chi connectivity index (χ0) is 18.4. The number of nitrogens with one attached hydrogen (secondary N) is 3. The quantitative estimate of drug-likeness (QED) is 0.511. The van der Waals surface area contributed by atoms with Crippen LogP contribution in [-0.4, -0.2) is 15.9 Å². The molecule has 0 aliphatic heterocycles. The summed E-state index contributed by atoms with van der Waals surface area (Å²) < 4.78 is 0. The van der Waals surface area contributed by atoms with Gasteiger partial charge in [0.15, 0.2) is 11.6 Å². The first-order valence-electron chi connectivity index (χ1n) is 8.15. The normalized spacial score (nSPS) is 10.2. The number of aromatic nitrogens is 2. The minimum atomic E-state index is -0.276. The molecule has 0 unspecified atom stereocenters. The summed E-state index contributed by atoms with van der Waals surface area (Å²) in [5, 5.41) is 3.17. The first-order valence-corrected chi connectivity index (χ1v) is 8.15. The summed E-state index contributed by atoms with van der Waals surface area (Å²) in [6, 6.07) is 17.2. The van der Waals surface area contributed by atoms with Crippen LogP contribution in [0.4, 0.5) is 17.3 Å². The third kappa shape index (κ3) is 4.27. The van der Waals surface area contributed by atoms with Crippen molar-refractivity contribution in [2.45, 2.75) is 13.5 Å². The molecule has 7 heteroatoms. The number of rotatable bonds is 6. The van der Waals surface area contributed by atoms with Crippen LogP contribution < -0.4 is 21.9 Å². The van der Waals surface area contributed by atoms with E-state index in [-0.39, 0.29) is 5.91 Å². The van der Waals surface area contributed by atoms with Crippen LogP contribution in [0.15, 0.2) is 60.9 Å². The van der Waals surface area contributed by atoms with E-state index in [0.717, 1.165) is 11.1 Å². The van der Waals surface area contributed by atoms with Crippen LogP contribution >= 0.6 is 0 Å². The van der Waals surface area contributed by atoms with Gasteiger partial charge < -0.3 is 11.1 Å². The molecule has 2 aromatic carbocycles. The molecule has 0 atom stereocenters. The van der Waals surface area contributed by atoms with Gasteiger partial charge in [0.05, 0.1) is 0 Å². The van der Waals surface area contributed by atoms with Gasteiger partial charge in [-0.3, -0.25) is 15.6 Å². The largest absolute Gasteiger partial charge is 0.393 e. The summed E-state index contributed by atoms with van der Waals surface area (Å²) in [6.07, 6.45) is 1.38. The molecule has 0 spiro atoms. The lowest BCUT2D eigenvalue weighted by Crippen LogP contribution is -2.30. The second kappa shape index (κ2) is 7.98. The van der Waals surface area contributed by atoms with Crippen molar-refractivity contribution >= 4 is 23.2 Å². The Hall–Kier alpha value is -3.61. The zero-order valence-corrected chi connectivity index (χ0v) is 14.4. The molecule has 26 heavy (non-hydrogen) atoms. The molecule has 0 aliphatic rings. The number of amides is 1. The van der Waals surface area contributed by atoms with E-state index in [1.165, 1.54) is 6.33 Å². The number of carbonyl (C=O) groups is 1. The van der Waals surface area contributed by atoms with E-state index in [9.17, 15) is 4.79 Å². The lowest BCUT2D eigenvalue weighted by molar-refractivity contribution is 0.0962. The van der Waals surface area contributed by atoms with Crippen LogP contribution in [0.3, 0.4) is 0 Å². The number of nitrogens with two attached hydrogens (primary N) is 1. The van der Waals surface area contributed by atoms with Crippen molar-refractivity contribution in [2.24, 2.45) is 0 Å². The highest BCUT2D eigenvalue weighted by Gasteiger charge is 2.10.